The van der Waals surface area contributed by atoms with E-state index in [1.54, 1.807) is 0 Å². The lowest BCUT2D eigenvalue weighted by Gasteiger charge is -2.23. The van der Waals surface area contributed by atoms with Gasteiger partial charge in [0.15, 0.2) is 0 Å². The molecule has 0 amide bonds. The van der Waals surface area contributed by atoms with Gasteiger partial charge in [0.2, 0.25) is 10.0 Å². The summed E-state index contributed by atoms with van der Waals surface area (Å²) in [7, 11) is -1.07. The fourth-order valence-corrected chi connectivity index (χ4v) is 2.83. The molecule has 1 atom stereocenters. The number of nitrogens with zero attached hydrogens (tertiary/aromatic N) is 1. The highest BCUT2D eigenvalue weighted by atomic mass is 32.2. The molecule has 0 aromatic rings. The largest absolute Gasteiger partial charge is 0.317 e. The summed E-state index contributed by atoms with van der Waals surface area (Å²) in [5, 5.41) is 3.19. The average molecular weight is 293 g/mol. The number of likely N-dealkylation sites (N-methyl/N-ethyl adjacent to an activating group) is 1. The first-order valence-electron chi connectivity index (χ1n) is 7.31. The van der Waals surface area contributed by atoms with E-state index in [1.165, 1.54) is 0 Å². The maximum Gasteiger partial charge on any atom is 0.211 e. The van der Waals surface area contributed by atoms with E-state index < -0.39 is 10.0 Å². The maximum absolute atomic E-state index is 11.7. The summed E-state index contributed by atoms with van der Waals surface area (Å²) >= 11 is 0. The normalized spacial score (nSPS) is 13.9. The predicted molar refractivity (Wildman–Crippen MR) is 82.0 cm³/mol. The predicted octanol–water partition coefficient (Wildman–Crippen LogP) is 1.03. The molecule has 5 nitrogen and oxygen atoms in total. The zero-order valence-corrected chi connectivity index (χ0v) is 13.7. The zero-order chi connectivity index (χ0) is 14.7. The van der Waals surface area contributed by atoms with Crippen molar-refractivity contribution < 1.29 is 8.42 Å². The van der Waals surface area contributed by atoms with Crippen molar-refractivity contribution >= 4 is 10.0 Å². The molecule has 0 rings (SSSR count). The Morgan fingerprint density at radius 2 is 1.84 bits per heavy atom. The number of hydrogen-bond acceptors (Lipinski definition) is 4. The second-order valence-electron chi connectivity index (χ2n) is 5.01. The number of nitrogens with one attached hydrogen (secondary N) is 2. The molecule has 6 heteroatoms. The molecule has 0 radical (unpaired) electrons. The van der Waals surface area contributed by atoms with E-state index in [9.17, 15) is 8.42 Å². The van der Waals surface area contributed by atoms with Crippen molar-refractivity contribution in [2.24, 2.45) is 0 Å². The minimum Gasteiger partial charge on any atom is -0.317 e. The lowest BCUT2D eigenvalue weighted by molar-refractivity contribution is 0.256. The molecule has 0 aromatic heterocycles. The molecule has 0 aromatic carbocycles. The van der Waals surface area contributed by atoms with Crippen LogP contribution in [0, 0.1) is 0 Å². The van der Waals surface area contributed by atoms with Gasteiger partial charge in [-0.3, -0.25) is 0 Å². The van der Waals surface area contributed by atoms with Gasteiger partial charge in [0, 0.05) is 19.1 Å². The number of sulfonamides is 1. The lowest BCUT2D eigenvalue weighted by atomic mass is 10.2. The Bertz CT molecular complexity index is 307. The highest BCUT2D eigenvalue weighted by Gasteiger charge is 2.11. The lowest BCUT2D eigenvalue weighted by Crippen LogP contribution is -2.37. The molecule has 0 saturated heterocycles. The first-order valence-corrected chi connectivity index (χ1v) is 8.96. The summed E-state index contributed by atoms with van der Waals surface area (Å²) in [4.78, 5) is 2.17. The molecule has 0 aliphatic heterocycles. The second kappa shape index (κ2) is 10.6. The highest BCUT2D eigenvalue weighted by Crippen LogP contribution is 1.99. The van der Waals surface area contributed by atoms with Crippen molar-refractivity contribution in [2.75, 3.05) is 39.0 Å². The van der Waals surface area contributed by atoms with Crippen LogP contribution in [0.2, 0.25) is 0 Å². The van der Waals surface area contributed by atoms with Crippen molar-refractivity contribution in [2.45, 2.75) is 46.1 Å². The van der Waals surface area contributed by atoms with Gasteiger partial charge in [0.05, 0.1) is 5.75 Å². The molecular weight excluding hydrogens is 262 g/mol. The first kappa shape index (κ1) is 18.8. The molecular formula is C13H31N3O2S. The molecule has 0 saturated carbocycles. The van der Waals surface area contributed by atoms with Crippen molar-refractivity contribution in [3.8, 4) is 0 Å². The van der Waals surface area contributed by atoms with Crippen molar-refractivity contribution in [1.82, 2.24) is 14.9 Å². The van der Waals surface area contributed by atoms with Gasteiger partial charge < -0.3 is 10.2 Å². The fourth-order valence-electron chi connectivity index (χ4n) is 1.70. The summed E-state index contributed by atoms with van der Waals surface area (Å²) in [6, 6.07) is 0.490. The van der Waals surface area contributed by atoms with Crippen LogP contribution in [0.5, 0.6) is 0 Å². The van der Waals surface area contributed by atoms with Crippen LogP contribution in [0.25, 0.3) is 0 Å². The Morgan fingerprint density at radius 1 is 1.16 bits per heavy atom. The SMILES string of the molecule is CCNCCCCS(=O)(=O)NCCN(C)C(C)CC. The van der Waals surface area contributed by atoms with Crippen molar-refractivity contribution in [1.29, 1.82) is 0 Å². The van der Waals surface area contributed by atoms with Crippen LogP contribution in [0.3, 0.4) is 0 Å². The Labute approximate surface area is 119 Å². The van der Waals surface area contributed by atoms with Gasteiger partial charge >= 0.3 is 0 Å². The summed E-state index contributed by atoms with van der Waals surface area (Å²) < 4.78 is 26.1. The third kappa shape index (κ3) is 10.3. The zero-order valence-electron chi connectivity index (χ0n) is 12.9. The maximum atomic E-state index is 11.7. The average Bonchev–Trinajstić information content (AvgIpc) is 2.37. The third-order valence-electron chi connectivity index (χ3n) is 3.40. The Hall–Kier alpha value is -0.170. The monoisotopic (exact) mass is 293 g/mol. The van der Waals surface area contributed by atoms with Gasteiger partial charge in [0.1, 0.15) is 0 Å². The third-order valence-corrected chi connectivity index (χ3v) is 4.87. The molecule has 0 aliphatic rings. The van der Waals surface area contributed by atoms with E-state index in [0.29, 0.717) is 19.0 Å². The molecule has 116 valence electrons. The van der Waals surface area contributed by atoms with Crippen LogP contribution in [0.1, 0.15) is 40.0 Å². The minimum atomic E-state index is -3.10. The van der Waals surface area contributed by atoms with Gasteiger partial charge in [-0.25, -0.2) is 13.1 Å². The Kier molecular flexibility index (Phi) is 10.5. The van der Waals surface area contributed by atoms with E-state index in [2.05, 4.69) is 28.8 Å². The van der Waals surface area contributed by atoms with Gasteiger partial charge in [0.25, 0.3) is 0 Å². The molecule has 0 heterocycles. The van der Waals surface area contributed by atoms with Gasteiger partial charge in [-0.15, -0.1) is 0 Å². The summed E-state index contributed by atoms with van der Waals surface area (Å²) in [6.45, 7) is 9.41. The van der Waals surface area contributed by atoms with Crippen LogP contribution >= 0.6 is 0 Å². The van der Waals surface area contributed by atoms with Crippen LogP contribution < -0.4 is 10.0 Å². The second-order valence-corrected chi connectivity index (χ2v) is 6.94. The fraction of sp³-hybridized carbons (Fsp3) is 1.00. The molecule has 0 bridgehead atoms. The summed E-state index contributed by atoms with van der Waals surface area (Å²) in [5.74, 6) is 0.228. The Morgan fingerprint density at radius 3 is 2.42 bits per heavy atom. The topological polar surface area (TPSA) is 61.4 Å². The molecule has 1 unspecified atom stereocenters. The number of hydrogen-bond donors (Lipinski definition) is 2. The van der Waals surface area contributed by atoms with Crippen LogP contribution in [0.4, 0.5) is 0 Å². The highest BCUT2D eigenvalue weighted by molar-refractivity contribution is 7.89. The van der Waals surface area contributed by atoms with E-state index in [1.807, 2.05) is 14.0 Å². The molecule has 0 fully saturated rings. The van der Waals surface area contributed by atoms with Gasteiger partial charge in [-0.2, -0.15) is 0 Å². The van der Waals surface area contributed by atoms with Gasteiger partial charge in [-0.1, -0.05) is 13.8 Å². The van der Waals surface area contributed by atoms with Crippen LogP contribution in [0.15, 0.2) is 0 Å². The summed E-state index contributed by atoms with van der Waals surface area (Å²) in [6.07, 6.45) is 2.69. The smallest absolute Gasteiger partial charge is 0.211 e. The van der Waals surface area contributed by atoms with E-state index in [-0.39, 0.29) is 5.75 Å². The first-order chi connectivity index (χ1) is 8.93. The molecule has 2 N–H and O–H groups in total. The van der Waals surface area contributed by atoms with E-state index in [0.717, 1.165) is 32.5 Å². The van der Waals surface area contributed by atoms with Gasteiger partial charge in [-0.05, 0) is 46.3 Å². The standard InChI is InChI=1S/C13H31N3O2S/c1-5-13(3)16(4)11-10-15-19(17,18)12-8-7-9-14-6-2/h13-15H,5-12H2,1-4H3. The van der Waals surface area contributed by atoms with Crippen LogP contribution in [-0.2, 0) is 10.0 Å². The molecule has 19 heavy (non-hydrogen) atoms. The van der Waals surface area contributed by atoms with E-state index in [4.69, 9.17) is 0 Å². The molecule has 0 aliphatic carbocycles. The minimum absolute atomic E-state index is 0.228. The Balaban J connectivity index is 3.73. The van der Waals surface area contributed by atoms with Crippen molar-refractivity contribution in [3.63, 3.8) is 0 Å². The molecule has 0 spiro atoms. The number of rotatable bonds is 12. The quantitative estimate of drug-likeness (QED) is 0.528. The van der Waals surface area contributed by atoms with Crippen molar-refractivity contribution in [3.05, 3.63) is 0 Å². The summed E-state index contributed by atoms with van der Waals surface area (Å²) in [5.41, 5.74) is 0. The number of unbranched alkanes of at least 4 members (excludes halogenated alkanes) is 1. The van der Waals surface area contributed by atoms with Crippen LogP contribution in [-0.4, -0.2) is 58.3 Å². The van der Waals surface area contributed by atoms with E-state index >= 15 is 0 Å².